The molecule has 2 rings (SSSR count). The fourth-order valence-corrected chi connectivity index (χ4v) is 3.17. The molecule has 0 aromatic carbocycles. The van der Waals surface area contributed by atoms with E-state index in [0.29, 0.717) is 13.0 Å². The number of rotatable bonds is 5. The Balaban J connectivity index is 1.80. The number of nitrogens with zero attached hydrogens (tertiary/aromatic N) is 2. The van der Waals surface area contributed by atoms with Gasteiger partial charge in [-0.3, -0.25) is 4.79 Å². The van der Waals surface area contributed by atoms with Crippen LogP contribution in [0.4, 0.5) is 0 Å². The third kappa shape index (κ3) is 3.34. The normalized spacial score (nSPS) is 22.9. The second-order valence-electron chi connectivity index (χ2n) is 5.49. The predicted octanol–water partition coefficient (Wildman–Crippen LogP) is 0.842. The maximum absolute atomic E-state index is 12.2. The van der Waals surface area contributed by atoms with Gasteiger partial charge in [0.15, 0.2) is 5.69 Å². The Labute approximate surface area is 121 Å². The lowest BCUT2D eigenvalue weighted by atomic mass is 9.89. The van der Waals surface area contributed by atoms with Crippen LogP contribution in [0.25, 0.3) is 0 Å². The van der Waals surface area contributed by atoms with E-state index in [2.05, 4.69) is 15.2 Å². The van der Waals surface area contributed by atoms with Crippen LogP contribution in [0.1, 0.15) is 28.8 Å². The molecule has 7 heteroatoms. The molecule has 2 N–H and O–H groups in total. The van der Waals surface area contributed by atoms with Gasteiger partial charge in [0.25, 0.3) is 0 Å². The number of likely N-dealkylation sites (tertiary alicyclic amines) is 1. The molecule has 0 radical (unpaired) electrons. The number of aromatic carboxylic acids is 1. The summed E-state index contributed by atoms with van der Waals surface area (Å²) in [5.74, 6) is -0.949. The molecule has 20 heavy (non-hydrogen) atoms. The van der Waals surface area contributed by atoms with Gasteiger partial charge in [0.05, 0.1) is 10.4 Å². The Hall–Kier alpha value is -1.47. The van der Waals surface area contributed by atoms with E-state index in [-0.39, 0.29) is 17.0 Å². The van der Waals surface area contributed by atoms with Gasteiger partial charge in [-0.25, -0.2) is 9.78 Å². The summed E-state index contributed by atoms with van der Waals surface area (Å²) in [4.78, 5) is 29.0. The second kappa shape index (κ2) is 5.88. The summed E-state index contributed by atoms with van der Waals surface area (Å²) in [6.45, 7) is 4.19. The summed E-state index contributed by atoms with van der Waals surface area (Å²) in [5.41, 5.74) is -0.246. The Morgan fingerprint density at radius 2 is 2.35 bits per heavy atom. The van der Waals surface area contributed by atoms with Gasteiger partial charge in [0.1, 0.15) is 0 Å². The quantitative estimate of drug-likeness (QED) is 0.841. The number of hydrogen-bond donors (Lipinski definition) is 2. The number of amides is 1. The summed E-state index contributed by atoms with van der Waals surface area (Å²) in [6, 6.07) is 0. The van der Waals surface area contributed by atoms with Gasteiger partial charge in [0.2, 0.25) is 5.91 Å². The van der Waals surface area contributed by atoms with Gasteiger partial charge in [0, 0.05) is 24.9 Å². The van der Waals surface area contributed by atoms with Crippen LogP contribution in [-0.4, -0.2) is 53.5 Å². The van der Waals surface area contributed by atoms with Crippen molar-refractivity contribution < 1.29 is 14.7 Å². The van der Waals surface area contributed by atoms with Crippen LogP contribution in [-0.2, 0) is 11.2 Å². The Bertz CT molecular complexity index is 517. The molecule has 0 bridgehead atoms. The molecule has 1 amide bonds. The minimum absolute atomic E-state index is 0.0665. The second-order valence-corrected chi connectivity index (χ2v) is 6.43. The average molecular weight is 297 g/mol. The third-order valence-corrected chi connectivity index (χ3v) is 4.52. The monoisotopic (exact) mass is 297 g/mol. The summed E-state index contributed by atoms with van der Waals surface area (Å²) in [6.07, 6.45) is 1.44. The molecular formula is C13H19N3O3S. The highest BCUT2D eigenvalue weighted by molar-refractivity contribution is 7.09. The van der Waals surface area contributed by atoms with E-state index in [4.69, 9.17) is 5.11 Å². The molecule has 1 fully saturated rings. The van der Waals surface area contributed by atoms with Gasteiger partial charge in [-0.05, 0) is 26.9 Å². The van der Waals surface area contributed by atoms with Gasteiger partial charge >= 0.3 is 5.97 Å². The highest BCUT2D eigenvalue weighted by atomic mass is 32.1. The van der Waals surface area contributed by atoms with E-state index >= 15 is 0 Å². The lowest BCUT2D eigenvalue weighted by Gasteiger charge is -2.22. The van der Waals surface area contributed by atoms with Crippen molar-refractivity contribution in [2.24, 2.45) is 5.41 Å². The number of carboxylic acids is 1. The molecule has 1 aromatic heterocycles. The van der Waals surface area contributed by atoms with Crippen LogP contribution < -0.4 is 5.32 Å². The number of carboxylic acid groups (broad SMARTS) is 1. The molecule has 1 aliphatic heterocycles. The third-order valence-electron chi connectivity index (χ3n) is 3.61. The van der Waals surface area contributed by atoms with Crippen molar-refractivity contribution in [2.75, 3.05) is 26.7 Å². The first-order chi connectivity index (χ1) is 9.40. The fourth-order valence-electron chi connectivity index (χ4n) is 2.40. The Morgan fingerprint density at radius 1 is 1.60 bits per heavy atom. The van der Waals surface area contributed by atoms with Crippen molar-refractivity contribution in [3.05, 3.63) is 16.1 Å². The van der Waals surface area contributed by atoms with Crippen LogP contribution in [0, 0.1) is 5.41 Å². The zero-order chi connectivity index (χ0) is 14.8. The number of carbonyl (C=O) groups is 2. The molecule has 1 aromatic rings. The highest BCUT2D eigenvalue weighted by Gasteiger charge is 2.38. The van der Waals surface area contributed by atoms with Crippen molar-refractivity contribution >= 4 is 23.2 Å². The first-order valence-corrected chi connectivity index (χ1v) is 7.43. The van der Waals surface area contributed by atoms with Crippen molar-refractivity contribution in [3.8, 4) is 0 Å². The molecule has 1 saturated heterocycles. The van der Waals surface area contributed by atoms with Gasteiger partial charge in [-0.1, -0.05) is 0 Å². The molecule has 0 aliphatic carbocycles. The predicted molar refractivity (Wildman–Crippen MR) is 76.0 cm³/mol. The fraction of sp³-hybridized carbons (Fsp3) is 0.615. The number of carbonyl (C=O) groups excluding carboxylic acids is 1. The van der Waals surface area contributed by atoms with Gasteiger partial charge < -0.3 is 15.3 Å². The molecule has 110 valence electrons. The molecule has 1 atom stereocenters. The van der Waals surface area contributed by atoms with E-state index in [9.17, 15) is 9.59 Å². The van der Waals surface area contributed by atoms with E-state index in [1.807, 2.05) is 14.0 Å². The average Bonchev–Trinajstić information content (AvgIpc) is 2.97. The van der Waals surface area contributed by atoms with E-state index in [1.54, 1.807) is 0 Å². The van der Waals surface area contributed by atoms with Crippen LogP contribution in [0.3, 0.4) is 0 Å². The SMILES string of the molecule is CN1CC[C@@](C)(C(=O)NCCc2nc(C(=O)O)cs2)C1. The molecule has 2 heterocycles. The summed E-state index contributed by atoms with van der Waals surface area (Å²) < 4.78 is 0. The number of thiazole rings is 1. The first-order valence-electron chi connectivity index (χ1n) is 6.55. The highest BCUT2D eigenvalue weighted by Crippen LogP contribution is 2.28. The number of nitrogens with one attached hydrogen (secondary N) is 1. The first kappa shape index (κ1) is 14.9. The van der Waals surface area contributed by atoms with Crippen molar-refractivity contribution in [1.82, 2.24) is 15.2 Å². The van der Waals surface area contributed by atoms with Crippen molar-refractivity contribution in [3.63, 3.8) is 0 Å². The Morgan fingerprint density at radius 3 is 2.90 bits per heavy atom. The van der Waals surface area contributed by atoms with E-state index in [1.165, 1.54) is 16.7 Å². The number of hydrogen-bond acceptors (Lipinski definition) is 5. The van der Waals surface area contributed by atoms with Gasteiger partial charge in [-0.2, -0.15) is 0 Å². The zero-order valence-electron chi connectivity index (χ0n) is 11.7. The summed E-state index contributed by atoms with van der Waals surface area (Å²) >= 11 is 1.31. The van der Waals surface area contributed by atoms with Crippen LogP contribution in [0.15, 0.2) is 5.38 Å². The van der Waals surface area contributed by atoms with Crippen molar-refractivity contribution in [2.45, 2.75) is 19.8 Å². The molecule has 0 spiro atoms. The number of aromatic nitrogens is 1. The minimum atomic E-state index is -1.02. The molecule has 0 saturated carbocycles. The zero-order valence-corrected chi connectivity index (χ0v) is 12.5. The standard InChI is InChI=1S/C13H19N3O3S/c1-13(4-6-16(2)8-13)12(19)14-5-3-10-15-9(7-20-10)11(17)18/h7H,3-6,8H2,1-2H3,(H,14,19)(H,17,18)/t13-/m1/s1. The van der Waals surface area contributed by atoms with Crippen LogP contribution in [0.2, 0.25) is 0 Å². The smallest absolute Gasteiger partial charge is 0.355 e. The van der Waals surface area contributed by atoms with Crippen LogP contribution in [0.5, 0.6) is 0 Å². The molecule has 6 nitrogen and oxygen atoms in total. The van der Waals surface area contributed by atoms with Gasteiger partial charge in [-0.15, -0.1) is 11.3 Å². The largest absolute Gasteiger partial charge is 0.476 e. The Kier molecular flexibility index (Phi) is 4.39. The van der Waals surface area contributed by atoms with E-state index in [0.717, 1.165) is 24.5 Å². The molecular weight excluding hydrogens is 278 g/mol. The maximum Gasteiger partial charge on any atom is 0.355 e. The van der Waals surface area contributed by atoms with Crippen LogP contribution >= 0.6 is 11.3 Å². The van der Waals surface area contributed by atoms with E-state index < -0.39 is 5.97 Å². The lowest BCUT2D eigenvalue weighted by molar-refractivity contribution is -0.129. The molecule has 1 aliphatic rings. The summed E-state index contributed by atoms with van der Waals surface area (Å²) in [7, 11) is 2.02. The lowest BCUT2D eigenvalue weighted by Crippen LogP contribution is -2.41. The maximum atomic E-state index is 12.2. The topological polar surface area (TPSA) is 82.5 Å². The molecule has 0 unspecified atom stereocenters. The minimum Gasteiger partial charge on any atom is -0.476 e. The van der Waals surface area contributed by atoms with Crippen molar-refractivity contribution in [1.29, 1.82) is 0 Å². The summed E-state index contributed by atoms with van der Waals surface area (Å²) in [5, 5.41) is 14.0.